The van der Waals surface area contributed by atoms with E-state index in [1.54, 1.807) is 0 Å². The number of aryl methyl sites for hydroxylation is 6. The van der Waals surface area contributed by atoms with Crippen molar-refractivity contribution in [1.82, 2.24) is 4.90 Å². The Kier molecular flexibility index (Phi) is 5.30. The maximum Gasteiger partial charge on any atom is 0.696 e. The van der Waals surface area contributed by atoms with Gasteiger partial charge in [0.2, 0.25) is 0 Å². The zero-order chi connectivity index (χ0) is 23.5. The lowest BCUT2D eigenvalue weighted by Gasteiger charge is -2.37. The Balaban J connectivity index is 1.78. The van der Waals surface area contributed by atoms with Crippen molar-refractivity contribution in [2.24, 2.45) is 0 Å². The Hall–Kier alpha value is -2.76. The van der Waals surface area contributed by atoms with Gasteiger partial charge in [0.1, 0.15) is 17.2 Å². The minimum absolute atomic E-state index is 0.807. The number of hydrogen-bond donors (Lipinski definition) is 0. The van der Waals surface area contributed by atoms with Crippen LogP contribution in [0.5, 0.6) is 17.2 Å². The minimum atomic E-state index is -3.19. The van der Waals surface area contributed by atoms with Gasteiger partial charge in [-0.05, 0) is 58.2 Å². The first kappa shape index (κ1) is 22.1. The molecule has 33 heavy (non-hydrogen) atoms. The monoisotopic (exact) mass is 459 g/mol. The normalized spacial score (nSPS) is 21.4. The van der Waals surface area contributed by atoms with Gasteiger partial charge in [-0.3, -0.25) is 4.90 Å². The van der Waals surface area contributed by atoms with E-state index in [9.17, 15) is 0 Å². The fourth-order valence-corrected chi connectivity index (χ4v) is 7.54. The van der Waals surface area contributed by atoms with E-state index in [1.807, 2.05) is 6.55 Å². The van der Waals surface area contributed by atoms with E-state index in [-0.39, 0.29) is 0 Å². The highest BCUT2D eigenvalue weighted by atomic mass is 28.4. The number of benzene rings is 3. The van der Waals surface area contributed by atoms with Crippen molar-refractivity contribution in [3.8, 4) is 17.2 Å². The van der Waals surface area contributed by atoms with Gasteiger partial charge in [0, 0.05) is 42.9 Å². The average Bonchev–Trinajstić information content (AvgIpc) is 2.69. The van der Waals surface area contributed by atoms with Crippen molar-refractivity contribution in [2.45, 2.75) is 67.7 Å². The summed E-state index contributed by atoms with van der Waals surface area (Å²) in [4.78, 5) is 2.48. The Morgan fingerprint density at radius 1 is 0.545 bits per heavy atom. The van der Waals surface area contributed by atoms with Crippen molar-refractivity contribution >= 4 is 8.80 Å². The van der Waals surface area contributed by atoms with Gasteiger partial charge in [0.05, 0.1) is 0 Å². The van der Waals surface area contributed by atoms with Gasteiger partial charge in [-0.1, -0.05) is 53.1 Å². The first-order chi connectivity index (χ1) is 15.6. The summed E-state index contributed by atoms with van der Waals surface area (Å²) in [5, 5.41) is 0. The molecule has 0 fully saturated rings. The number of nitrogens with zero attached hydrogens (tertiary/aromatic N) is 1. The van der Waals surface area contributed by atoms with Crippen molar-refractivity contribution < 1.29 is 13.3 Å². The summed E-state index contributed by atoms with van der Waals surface area (Å²) in [5.41, 5.74) is 10.7. The van der Waals surface area contributed by atoms with Gasteiger partial charge >= 0.3 is 8.80 Å². The highest BCUT2D eigenvalue weighted by Gasteiger charge is 2.46. The van der Waals surface area contributed by atoms with E-state index in [4.69, 9.17) is 13.3 Å². The average molecular weight is 460 g/mol. The van der Waals surface area contributed by atoms with Crippen LogP contribution in [-0.2, 0) is 19.6 Å². The second-order valence-electron chi connectivity index (χ2n) is 10.0. The second kappa shape index (κ2) is 7.92. The van der Waals surface area contributed by atoms with Gasteiger partial charge in [-0.25, -0.2) is 0 Å². The predicted molar refractivity (Wildman–Crippen MR) is 134 cm³/mol. The molecule has 4 nitrogen and oxygen atoms in total. The molecular formula is C28H33NO3Si. The Labute approximate surface area is 198 Å². The number of hydrogen-bond acceptors (Lipinski definition) is 4. The molecule has 3 aromatic rings. The SMILES string of the molecule is Cc1cc(C)c2c(c1)CN1Cc3cc(C)cc(C)c3O[Si](C)(O2)Oc2c(C)cc(C)cc2C1. The maximum absolute atomic E-state index is 6.82. The molecule has 0 N–H and O–H groups in total. The van der Waals surface area contributed by atoms with Crippen LogP contribution < -0.4 is 13.3 Å². The summed E-state index contributed by atoms with van der Waals surface area (Å²) in [6, 6.07) is 13.3. The van der Waals surface area contributed by atoms with Crippen molar-refractivity contribution in [3.63, 3.8) is 0 Å². The molecule has 5 heteroatoms. The third kappa shape index (κ3) is 4.16. The number of rotatable bonds is 0. The van der Waals surface area contributed by atoms with E-state index in [2.05, 4.69) is 82.8 Å². The molecule has 3 aliphatic heterocycles. The van der Waals surface area contributed by atoms with Crippen LogP contribution in [0.1, 0.15) is 50.1 Å². The van der Waals surface area contributed by atoms with E-state index < -0.39 is 8.80 Å². The van der Waals surface area contributed by atoms with Gasteiger partial charge in [-0.2, -0.15) is 0 Å². The van der Waals surface area contributed by atoms with Crippen LogP contribution in [0.3, 0.4) is 0 Å². The Bertz CT molecular complexity index is 1110. The Morgan fingerprint density at radius 2 is 0.848 bits per heavy atom. The molecule has 3 heterocycles. The van der Waals surface area contributed by atoms with Crippen LogP contribution in [0.15, 0.2) is 36.4 Å². The highest BCUT2D eigenvalue weighted by molar-refractivity contribution is 6.61. The summed E-state index contributed by atoms with van der Waals surface area (Å²) in [7, 11) is -3.19. The fourth-order valence-electron chi connectivity index (χ4n) is 5.43. The molecular weight excluding hydrogens is 426 g/mol. The van der Waals surface area contributed by atoms with Crippen LogP contribution in [0.25, 0.3) is 0 Å². The summed E-state index contributed by atoms with van der Waals surface area (Å²) in [6.45, 7) is 17.3. The van der Waals surface area contributed by atoms with E-state index >= 15 is 0 Å². The lowest BCUT2D eigenvalue weighted by molar-refractivity contribution is 0.209. The van der Waals surface area contributed by atoms with Crippen molar-refractivity contribution in [2.75, 3.05) is 0 Å². The van der Waals surface area contributed by atoms with Crippen LogP contribution in [0.2, 0.25) is 6.55 Å². The molecule has 0 radical (unpaired) electrons. The summed E-state index contributed by atoms with van der Waals surface area (Å²) >= 11 is 0. The van der Waals surface area contributed by atoms with E-state index in [0.29, 0.717) is 0 Å². The molecule has 3 aromatic carbocycles. The third-order valence-electron chi connectivity index (χ3n) is 6.53. The molecule has 2 bridgehead atoms. The lowest BCUT2D eigenvalue weighted by Crippen LogP contribution is -2.53. The molecule has 6 rings (SSSR count). The zero-order valence-electron chi connectivity index (χ0n) is 20.8. The first-order valence-corrected chi connectivity index (χ1v) is 13.9. The van der Waals surface area contributed by atoms with Crippen molar-refractivity contribution in [1.29, 1.82) is 0 Å². The summed E-state index contributed by atoms with van der Waals surface area (Å²) in [6.07, 6.45) is 0. The first-order valence-electron chi connectivity index (χ1n) is 11.7. The molecule has 0 unspecified atom stereocenters. The molecule has 0 aliphatic carbocycles. The lowest BCUT2D eigenvalue weighted by atomic mass is 10.0. The minimum Gasteiger partial charge on any atom is -0.483 e. The smallest absolute Gasteiger partial charge is 0.483 e. The molecule has 0 saturated heterocycles. The van der Waals surface area contributed by atoms with Gasteiger partial charge in [0.15, 0.2) is 0 Å². The highest BCUT2D eigenvalue weighted by Crippen LogP contribution is 2.39. The molecule has 0 aromatic heterocycles. The van der Waals surface area contributed by atoms with Crippen LogP contribution in [-0.4, -0.2) is 13.7 Å². The van der Waals surface area contributed by atoms with Gasteiger partial charge in [0.25, 0.3) is 0 Å². The van der Waals surface area contributed by atoms with Crippen molar-refractivity contribution in [3.05, 3.63) is 86.5 Å². The second-order valence-corrected chi connectivity index (χ2v) is 12.4. The molecule has 0 amide bonds. The topological polar surface area (TPSA) is 30.9 Å². The molecule has 172 valence electrons. The molecule has 0 atom stereocenters. The van der Waals surface area contributed by atoms with Gasteiger partial charge in [-0.15, -0.1) is 0 Å². The third-order valence-corrected chi connectivity index (χ3v) is 8.26. The van der Waals surface area contributed by atoms with Crippen LogP contribution in [0.4, 0.5) is 0 Å². The summed E-state index contributed by atoms with van der Waals surface area (Å²) in [5.74, 6) is 2.71. The van der Waals surface area contributed by atoms with E-state index in [1.165, 1.54) is 33.4 Å². The van der Waals surface area contributed by atoms with E-state index in [0.717, 1.165) is 53.6 Å². The van der Waals surface area contributed by atoms with Crippen LogP contribution >= 0.6 is 0 Å². The molecule has 0 saturated carbocycles. The predicted octanol–water partition coefficient (Wildman–Crippen LogP) is 6.47. The molecule has 3 aliphatic rings. The molecule has 0 spiro atoms. The quantitative estimate of drug-likeness (QED) is 0.360. The summed E-state index contributed by atoms with van der Waals surface area (Å²) < 4.78 is 20.5. The maximum atomic E-state index is 6.82. The van der Waals surface area contributed by atoms with Crippen LogP contribution in [0, 0.1) is 41.5 Å². The fraction of sp³-hybridized carbons (Fsp3) is 0.357. The largest absolute Gasteiger partial charge is 0.696 e. The Morgan fingerprint density at radius 3 is 1.15 bits per heavy atom. The zero-order valence-corrected chi connectivity index (χ0v) is 21.8. The van der Waals surface area contributed by atoms with Gasteiger partial charge < -0.3 is 13.3 Å². The standard InChI is InChI=1S/C28H33NO3Si/c1-17-8-20(4)26-23(11-17)14-29-15-24-12-18(2)9-21(5)27(24)31-33(7,30-26)32-28-22(6)10-19(3)13-25(28)16-29/h8-13H,14-16H2,1-7H3.